The van der Waals surface area contributed by atoms with Crippen LogP contribution >= 0.6 is 0 Å². The maximum absolute atomic E-state index is 4.34. The Morgan fingerprint density at radius 1 is 1.38 bits per heavy atom. The molecule has 86 valence electrons. The zero-order valence-corrected chi connectivity index (χ0v) is 10.5. The Hall–Kier alpha value is -1.31. The van der Waals surface area contributed by atoms with Crippen LogP contribution in [0.25, 0.3) is 0 Å². The first-order chi connectivity index (χ1) is 7.76. The van der Waals surface area contributed by atoms with Crippen LogP contribution < -0.4 is 0 Å². The monoisotopic (exact) mass is 216 g/mol. The Morgan fingerprint density at radius 2 is 2.12 bits per heavy atom. The zero-order valence-electron chi connectivity index (χ0n) is 10.5. The fraction of sp³-hybridized carbons (Fsp3) is 0.500. The van der Waals surface area contributed by atoms with E-state index in [1.54, 1.807) is 0 Å². The number of rotatable bonds is 2. The quantitative estimate of drug-likeness (QED) is 0.693. The second kappa shape index (κ2) is 4.69. The molecule has 2 heteroatoms. The van der Waals surface area contributed by atoms with Crippen molar-refractivity contribution in [2.45, 2.75) is 26.7 Å². The van der Waals surface area contributed by atoms with Crippen molar-refractivity contribution in [1.29, 1.82) is 0 Å². The van der Waals surface area contributed by atoms with E-state index >= 15 is 0 Å². The molecule has 1 fully saturated rings. The molecule has 0 aromatic heterocycles. The number of aliphatic imine (C=N–C) groups is 1. The van der Waals surface area contributed by atoms with Gasteiger partial charge in [0.25, 0.3) is 0 Å². The summed E-state index contributed by atoms with van der Waals surface area (Å²) in [5.41, 5.74) is 5.20. The lowest BCUT2D eigenvalue weighted by Gasteiger charge is -2.35. The molecule has 1 heterocycles. The number of likely N-dealkylation sites (tertiary alicyclic amines) is 1. The van der Waals surface area contributed by atoms with Gasteiger partial charge in [-0.1, -0.05) is 12.5 Å². The summed E-state index contributed by atoms with van der Waals surface area (Å²) in [4.78, 5) is 6.77. The number of allylic oxidation sites excluding steroid dienone is 5. The van der Waals surface area contributed by atoms with Gasteiger partial charge >= 0.3 is 0 Å². The van der Waals surface area contributed by atoms with Gasteiger partial charge in [0, 0.05) is 31.4 Å². The third kappa shape index (κ3) is 1.97. The van der Waals surface area contributed by atoms with E-state index in [9.17, 15) is 0 Å². The molecule has 2 nitrogen and oxygen atoms in total. The summed E-state index contributed by atoms with van der Waals surface area (Å²) in [5.74, 6) is 0. The zero-order chi connectivity index (χ0) is 11.5. The van der Waals surface area contributed by atoms with Crippen molar-refractivity contribution in [3.63, 3.8) is 0 Å². The Labute approximate surface area is 98.1 Å². The van der Waals surface area contributed by atoms with Crippen LogP contribution in [0.4, 0.5) is 0 Å². The molecule has 0 aromatic rings. The van der Waals surface area contributed by atoms with Crippen LogP contribution in [0, 0.1) is 0 Å². The largest absolute Gasteiger partial charge is 0.371 e. The van der Waals surface area contributed by atoms with E-state index in [0.29, 0.717) is 0 Å². The standard InChI is InChI=1S/C14H20N2/c1-4-11(2)13-10-12(16-8-5-9-16)6-7-14(13)15-3/h6-7,10H,4-5,8-9H2,1-3H3/b13-11-,15-14?. The molecular formula is C14H20N2. The lowest BCUT2D eigenvalue weighted by atomic mass is 9.96. The van der Waals surface area contributed by atoms with E-state index < -0.39 is 0 Å². The maximum atomic E-state index is 4.34. The molecule has 0 saturated carbocycles. The first kappa shape index (κ1) is 11.2. The molecule has 16 heavy (non-hydrogen) atoms. The number of hydrogen-bond donors (Lipinski definition) is 0. The Kier molecular flexibility index (Phi) is 3.28. The first-order valence-electron chi connectivity index (χ1n) is 6.08. The van der Waals surface area contributed by atoms with Gasteiger partial charge in [-0.05, 0) is 38.0 Å². The van der Waals surface area contributed by atoms with Crippen molar-refractivity contribution in [2.75, 3.05) is 20.1 Å². The van der Waals surface area contributed by atoms with Crippen LogP contribution in [-0.2, 0) is 0 Å². The van der Waals surface area contributed by atoms with Gasteiger partial charge in [-0.2, -0.15) is 0 Å². The molecule has 1 aliphatic heterocycles. The molecule has 0 amide bonds. The molecule has 0 spiro atoms. The molecule has 2 rings (SSSR count). The molecule has 1 aliphatic carbocycles. The van der Waals surface area contributed by atoms with Crippen LogP contribution in [-0.4, -0.2) is 30.7 Å². The van der Waals surface area contributed by atoms with Crippen LogP contribution in [0.3, 0.4) is 0 Å². The van der Waals surface area contributed by atoms with E-state index in [2.05, 4.69) is 42.0 Å². The molecule has 0 unspecified atom stereocenters. The minimum absolute atomic E-state index is 1.09. The third-order valence-electron chi connectivity index (χ3n) is 3.43. The highest BCUT2D eigenvalue weighted by atomic mass is 15.2. The average Bonchev–Trinajstić information content (AvgIpc) is 2.25. The van der Waals surface area contributed by atoms with Crippen molar-refractivity contribution >= 4 is 5.71 Å². The van der Waals surface area contributed by atoms with Crippen molar-refractivity contribution < 1.29 is 0 Å². The molecular weight excluding hydrogens is 196 g/mol. The van der Waals surface area contributed by atoms with Gasteiger partial charge < -0.3 is 4.90 Å². The summed E-state index contributed by atoms with van der Waals surface area (Å²) >= 11 is 0. The summed E-state index contributed by atoms with van der Waals surface area (Å²) in [5, 5.41) is 0. The fourth-order valence-electron chi connectivity index (χ4n) is 2.02. The molecule has 0 radical (unpaired) electrons. The van der Waals surface area contributed by atoms with Gasteiger partial charge in [0.1, 0.15) is 0 Å². The lowest BCUT2D eigenvalue weighted by molar-refractivity contribution is 0.246. The fourth-order valence-corrected chi connectivity index (χ4v) is 2.02. The maximum Gasteiger partial charge on any atom is 0.0644 e. The highest BCUT2D eigenvalue weighted by molar-refractivity contribution is 6.12. The van der Waals surface area contributed by atoms with E-state index in [-0.39, 0.29) is 0 Å². The average molecular weight is 216 g/mol. The molecule has 0 aromatic carbocycles. The SMILES string of the molecule is CC/C(C)=C1/C=C(N2CCC2)C=CC1=NC. The highest BCUT2D eigenvalue weighted by Crippen LogP contribution is 2.24. The van der Waals surface area contributed by atoms with E-state index in [0.717, 1.165) is 12.1 Å². The van der Waals surface area contributed by atoms with Gasteiger partial charge in [0.15, 0.2) is 0 Å². The normalized spacial score (nSPS) is 25.6. The van der Waals surface area contributed by atoms with Gasteiger partial charge in [-0.25, -0.2) is 0 Å². The minimum atomic E-state index is 1.09. The molecule has 0 bridgehead atoms. The predicted octanol–water partition coefficient (Wildman–Crippen LogP) is 2.94. The highest BCUT2D eigenvalue weighted by Gasteiger charge is 2.19. The Balaban J connectivity index is 2.32. The molecule has 0 atom stereocenters. The lowest BCUT2D eigenvalue weighted by Crippen LogP contribution is -2.36. The van der Waals surface area contributed by atoms with Crippen LogP contribution in [0.2, 0.25) is 0 Å². The third-order valence-corrected chi connectivity index (χ3v) is 3.43. The first-order valence-corrected chi connectivity index (χ1v) is 6.08. The van der Waals surface area contributed by atoms with Crippen molar-refractivity contribution in [3.05, 3.63) is 35.1 Å². The van der Waals surface area contributed by atoms with E-state index in [1.807, 2.05) is 7.05 Å². The van der Waals surface area contributed by atoms with Crippen LogP contribution in [0.15, 0.2) is 40.1 Å². The summed E-state index contributed by atoms with van der Waals surface area (Å²) in [6, 6.07) is 0. The second-order valence-corrected chi connectivity index (χ2v) is 4.40. The van der Waals surface area contributed by atoms with Gasteiger partial charge in [-0.3, -0.25) is 4.99 Å². The predicted molar refractivity (Wildman–Crippen MR) is 69.8 cm³/mol. The summed E-state index contributed by atoms with van der Waals surface area (Å²) in [6.45, 7) is 6.80. The molecule has 0 N–H and O–H groups in total. The number of hydrogen-bond acceptors (Lipinski definition) is 2. The number of nitrogens with zero attached hydrogens (tertiary/aromatic N) is 2. The van der Waals surface area contributed by atoms with E-state index in [4.69, 9.17) is 0 Å². The van der Waals surface area contributed by atoms with Gasteiger partial charge in [0.2, 0.25) is 0 Å². The summed E-state index contributed by atoms with van der Waals surface area (Å²) in [7, 11) is 1.87. The summed E-state index contributed by atoms with van der Waals surface area (Å²) in [6.07, 6.45) is 9.04. The van der Waals surface area contributed by atoms with Crippen molar-refractivity contribution in [2.24, 2.45) is 4.99 Å². The topological polar surface area (TPSA) is 15.6 Å². The van der Waals surface area contributed by atoms with E-state index in [1.165, 1.54) is 36.4 Å². The van der Waals surface area contributed by atoms with Gasteiger partial charge in [0.05, 0.1) is 5.71 Å². The minimum Gasteiger partial charge on any atom is -0.371 e. The second-order valence-electron chi connectivity index (χ2n) is 4.40. The Bertz CT molecular complexity index is 393. The molecule has 1 saturated heterocycles. The van der Waals surface area contributed by atoms with Gasteiger partial charge in [-0.15, -0.1) is 0 Å². The summed E-state index contributed by atoms with van der Waals surface area (Å²) < 4.78 is 0. The van der Waals surface area contributed by atoms with Crippen LogP contribution in [0.1, 0.15) is 26.7 Å². The van der Waals surface area contributed by atoms with Crippen LogP contribution in [0.5, 0.6) is 0 Å². The van der Waals surface area contributed by atoms with Crippen molar-refractivity contribution in [3.8, 4) is 0 Å². The smallest absolute Gasteiger partial charge is 0.0644 e. The molecule has 2 aliphatic rings. The Morgan fingerprint density at radius 3 is 2.62 bits per heavy atom. The van der Waals surface area contributed by atoms with Crippen molar-refractivity contribution in [1.82, 2.24) is 4.90 Å².